The van der Waals surface area contributed by atoms with E-state index in [1.165, 1.54) is 0 Å². The number of thiocarbonyl (C=S) groups is 1. The molecule has 1 amide bonds. The number of aromatic nitrogens is 2. The van der Waals surface area contributed by atoms with Crippen LogP contribution in [0.1, 0.15) is 49.7 Å². The number of pyridine rings is 1. The van der Waals surface area contributed by atoms with E-state index < -0.39 is 0 Å². The smallest absolute Gasteiger partial charge is 0.226 e. The second-order valence-corrected chi connectivity index (χ2v) is 9.52. The Morgan fingerprint density at radius 1 is 1.09 bits per heavy atom. The van der Waals surface area contributed by atoms with Crippen molar-refractivity contribution in [2.75, 3.05) is 11.9 Å². The van der Waals surface area contributed by atoms with Gasteiger partial charge in [0.15, 0.2) is 5.11 Å². The van der Waals surface area contributed by atoms with Crippen LogP contribution in [-0.2, 0) is 4.79 Å². The van der Waals surface area contributed by atoms with Crippen LogP contribution in [0.4, 0.5) is 5.69 Å². The second kappa shape index (κ2) is 9.88. The summed E-state index contributed by atoms with van der Waals surface area (Å²) >= 11 is 5.75. The summed E-state index contributed by atoms with van der Waals surface area (Å²) < 4.78 is 2.19. The largest absolute Gasteiger partial charge is 0.352 e. The van der Waals surface area contributed by atoms with E-state index in [-0.39, 0.29) is 18.0 Å². The maximum atomic E-state index is 13.0. The summed E-state index contributed by atoms with van der Waals surface area (Å²) in [6, 6.07) is 22.3. The standard InChI is InChI=1S/C28H29N5OS/c1-19(2)32-16-13-21(18-32)27-26(24-11-5-6-15-29-24)31-28(35)33(27)17-14-25(34)30-23-12-7-9-20-8-3-4-10-22(20)23/h3-13,15-16,18-19,26-27H,14,17H2,1-2H3,(H,30,34)(H,31,35). The van der Waals surface area contributed by atoms with Gasteiger partial charge in [-0.15, -0.1) is 0 Å². The third kappa shape index (κ3) is 4.77. The van der Waals surface area contributed by atoms with Crippen LogP contribution in [0.15, 0.2) is 85.3 Å². The van der Waals surface area contributed by atoms with E-state index in [0.29, 0.717) is 24.1 Å². The summed E-state index contributed by atoms with van der Waals surface area (Å²) in [4.78, 5) is 19.7. The number of nitrogens with zero attached hydrogens (tertiary/aromatic N) is 3. The summed E-state index contributed by atoms with van der Waals surface area (Å²) in [7, 11) is 0. The molecule has 178 valence electrons. The van der Waals surface area contributed by atoms with Crippen LogP contribution < -0.4 is 10.6 Å². The Balaban J connectivity index is 1.36. The lowest BCUT2D eigenvalue weighted by molar-refractivity contribution is -0.116. The maximum absolute atomic E-state index is 13.0. The fourth-order valence-corrected chi connectivity index (χ4v) is 5.04. The molecule has 4 aromatic rings. The number of carbonyl (C=O) groups excluding carboxylic acids is 1. The van der Waals surface area contributed by atoms with E-state index in [9.17, 15) is 4.79 Å². The van der Waals surface area contributed by atoms with Gasteiger partial charge >= 0.3 is 0 Å². The average molecular weight is 484 g/mol. The summed E-state index contributed by atoms with van der Waals surface area (Å²) in [5.41, 5.74) is 2.91. The van der Waals surface area contributed by atoms with Crippen molar-refractivity contribution in [1.29, 1.82) is 0 Å². The van der Waals surface area contributed by atoms with Gasteiger partial charge in [0.25, 0.3) is 0 Å². The molecule has 1 fully saturated rings. The van der Waals surface area contributed by atoms with Crippen LogP contribution in [0.3, 0.4) is 0 Å². The quantitative estimate of drug-likeness (QED) is 0.334. The van der Waals surface area contributed by atoms with Crippen molar-refractivity contribution >= 4 is 39.7 Å². The minimum absolute atomic E-state index is 0.0380. The van der Waals surface area contributed by atoms with Gasteiger partial charge in [0.1, 0.15) is 0 Å². The van der Waals surface area contributed by atoms with Crippen LogP contribution in [0.5, 0.6) is 0 Å². The van der Waals surface area contributed by atoms with Gasteiger partial charge in [-0.1, -0.05) is 42.5 Å². The van der Waals surface area contributed by atoms with Gasteiger partial charge in [-0.05, 0) is 61.3 Å². The Bertz CT molecular complexity index is 1340. The van der Waals surface area contributed by atoms with Crippen LogP contribution in [0.25, 0.3) is 10.8 Å². The number of carbonyl (C=O) groups is 1. The number of rotatable bonds is 7. The molecular weight excluding hydrogens is 454 g/mol. The Morgan fingerprint density at radius 3 is 2.66 bits per heavy atom. The number of amides is 1. The number of hydrogen-bond donors (Lipinski definition) is 2. The maximum Gasteiger partial charge on any atom is 0.226 e. The molecule has 0 saturated carbocycles. The van der Waals surface area contributed by atoms with E-state index in [4.69, 9.17) is 12.2 Å². The molecule has 7 heteroatoms. The molecule has 5 rings (SSSR count). The number of fused-ring (bicyclic) bond motifs is 1. The Kier molecular flexibility index (Phi) is 6.51. The third-order valence-corrected chi connectivity index (χ3v) is 6.87. The molecule has 2 unspecified atom stereocenters. The number of anilines is 1. The Hall–Kier alpha value is -3.71. The minimum Gasteiger partial charge on any atom is -0.352 e. The molecule has 2 N–H and O–H groups in total. The SMILES string of the molecule is CC(C)n1ccc(C2C(c3ccccn3)NC(=S)N2CCC(=O)Nc2cccc3ccccc23)c1. The molecule has 0 radical (unpaired) electrons. The van der Waals surface area contributed by atoms with Crippen molar-refractivity contribution in [2.24, 2.45) is 0 Å². The lowest BCUT2D eigenvalue weighted by Crippen LogP contribution is -2.32. The molecule has 1 aliphatic heterocycles. The van der Waals surface area contributed by atoms with E-state index in [1.807, 2.05) is 60.7 Å². The van der Waals surface area contributed by atoms with Crippen LogP contribution in [0.2, 0.25) is 0 Å². The molecule has 3 heterocycles. The zero-order valence-corrected chi connectivity index (χ0v) is 20.7. The molecule has 2 aromatic carbocycles. The lowest BCUT2D eigenvalue weighted by Gasteiger charge is -2.27. The molecule has 1 saturated heterocycles. The molecule has 35 heavy (non-hydrogen) atoms. The molecule has 1 aliphatic rings. The number of nitrogens with one attached hydrogen (secondary N) is 2. The third-order valence-electron chi connectivity index (χ3n) is 6.52. The molecule has 0 bridgehead atoms. The van der Waals surface area contributed by atoms with Crippen molar-refractivity contribution in [2.45, 2.75) is 38.4 Å². The molecule has 0 aliphatic carbocycles. The zero-order valence-electron chi connectivity index (χ0n) is 19.9. The van der Waals surface area contributed by atoms with Crippen molar-refractivity contribution in [3.63, 3.8) is 0 Å². The monoisotopic (exact) mass is 483 g/mol. The lowest BCUT2D eigenvalue weighted by atomic mass is 9.99. The van der Waals surface area contributed by atoms with Crippen molar-refractivity contribution in [1.82, 2.24) is 19.8 Å². The summed E-state index contributed by atoms with van der Waals surface area (Å²) in [6.45, 7) is 4.82. The first-order valence-corrected chi connectivity index (χ1v) is 12.3. The van der Waals surface area contributed by atoms with Crippen molar-refractivity contribution in [3.8, 4) is 0 Å². The van der Waals surface area contributed by atoms with E-state index >= 15 is 0 Å². The highest BCUT2D eigenvalue weighted by Gasteiger charge is 2.40. The van der Waals surface area contributed by atoms with Gasteiger partial charge in [0.05, 0.1) is 17.8 Å². The highest BCUT2D eigenvalue weighted by atomic mass is 32.1. The summed E-state index contributed by atoms with van der Waals surface area (Å²) in [5, 5.41) is 9.33. The highest BCUT2D eigenvalue weighted by molar-refractivity contribution is 7.80. The van der Waals surface area contributed by atoms with Gasteiger partial charge in [0, 0.05) is 48.7 Å². The molecule has 6 nitrogen and oxygen atoms in total. The second-order valence-electron chi connectivity index (χ2n) is 9.13. The average Bonchev–Trinajstić information content (AvgIpc) is 3.48. The fraction of sp³-hybridized carbons (Fsp3) is 0.250. The van der Waals surface area contributed by atoms with Gasteiger partial charge in [-0.3, -0.25) is 9.78 Å². The predicted molar refractivity (Wildman–Crippen MR) is 144 cm³/mol. The van der Waals surface area contributed by atoms with Gasteiger partial charge in [0.2, 0.25) is 5.91 Å². The normalized spacial score (nSPS) is 17.7. The van der Waals surface area contributed by atoms with E-state index in [0.717, 1.165) is 27.7 Å². The van der Waals surface area contributed by atoms with Crippen LogP contribution in [0, 0.1) is 0 Å². The molecule has 2 aromatic heterocycles. The van der Waals surface area contributed by atoms with Gasteiger partial charge < -0.3 is 20.1 Å². The molecule has 2 atom stereocenters. The molecule has 0 spiro atoms. The van der Waals surface area contributed by atoms with Crippen LogP contribution in [-0.4, -0.2) is 32.0 Å². The topological polar surface area (TPSA) is 62.2 Å². The minimum atomic E-state index is -0.0900. The van der Waals surface area contributed by atoms with Crippen molar-refractivity contribution < 1.29 is 4.79 Å². The van der Waals surface area contributed by atoms with Crippen molar-refractivity contribution in [3.05, 3.63) is 96.6 Å². The highest BCUT2D eigenvalue weighted by Crippen LogP contribution is 2.39. The van der Waals surface area contributed by atoms with E-state index in [2.05, 4.69) is 57.4 Å². The first-order valence-electron chi connectivity index (χ1n) is 11.9. The van der Waals surface area contributed by atoms with Crippen LogP contribution >= 0.6 is 12.2 Å². The number of hydrogen-bond acceptors (Lipinski definition) is 3. The van der Waals surface area contributed by atoms with Gasteiger partial charge in [-0.2, -0.15) is 0 Å². The zero-order chi connectivity index (χ0) is 24.4. The van der Waals surface area contributed by atoms with Gasteiger partial charge in [-0.25, -0.2) is 0 Å². The fourth-order valence-electron chi connectivity index (χ4n) is 4.71. The first kappa shape index (κ1) is 23.1. The Labute approximate surface area is 211 Å². The predicted octanol–water partition coefficient (Wildman–Crippen LogP) is 5.62. The van der Waals surface area contributed by atoms with E-state index in [1.54, 1.807) is 6.20 Å². The summed E-state index contributed by atoms with van der Waals surface area (Å²) in [6.07, 6.45) is 6.39. The summed E-state index contributed by atoms with van der Waals surface area (Å²) in [5.74, 6) is -0.0380. The first-order chi connectivity index (χ1) is 17.0. The number of benzene rings is 2. The Morgan fingerprint density at radius 2 is 1.89 bits per heavy atom. The molecular formula is C28H29N5OS.